The number of allylic oxidation sites excluding steroid dienone is 6. The molecule has 0 atom stereocenters. The molecule has 0 spiro atoms. The number of nitriles is 1. The van der Waals surface area contributed by atoms with Crippen LogP contribution in [0, 0.1) is 18.3 Å². The first-order chi connectivity index (χ1) is 11.6. The zero-order chi connectivity index (χ0) is 17.5. The first-order valence-corrected chi connectivity index (χ1v) is 8.29. The van der Waals surface area contributed by atoms with E-state index in [2.05, 4.69) is 60.9 Å². The van der Waals surface area contributed by atoms with Crippen LogP contribution in [0.25, 0.3) is 16.8 Å². The van der Waals surface area contributed by atoms with Crippen molar-refractivity contribution in [3.8, 4) is 17.3 Å². The molecule has 0 saturated carbocycles. The van der Waals surface area contributed by atoms with Crippen LogP contribution >= 0.6 is 0 Å². The number of aryl methyl sites for hydroxylation is 1. The first-order valence-electron chi connectivity index (χ1n) is 8.29. The van der Waals surface area contributed by atoms with Gasteiger partial charge in [0.25, 0.3) is 0 Å². The van der Waals surface area contributed by atoms with Crippen LogP contribution in [0.15, 0.2) is 66.3 Å². The lowest BCUT2D eigenvalue weighted by Crippen LogP contribution is -1.98. The van der Waals surface area contributed by atoms with Crippen molar-refractivity contribution >= 4 is 5.57 Å². The highest BCUT2D eigenvalue weighted by atomic mass is 15.0. The van der Waals surface area contributed by atoms with Gasteiger partial charge in [-0.25, -0.2) is 0 Å². The Kier molecular flexibility index (Phi) is 5.98. The molecule has 1 aromatic carbocycles. The van der Waals surface area contributed by atoms with Gasteiger partial charge in [0, 0.05) is 24.0 Å². The molecule has 0 fully saturated rings. The Morgan fingerprint density at radius 3 is 2.42 bits per heavy atom. The average Bonchev–Trinajstić information content (AvgIpc) is 2.96. The fraction of sp³-hybridized carbons (Fsp3) is 0.227. The third-order valence-electron chi connectivity index (χ3n) is 4.01. The van der Waals surface area contributed by atoms with Gasteiger partial charge in [-0.15, -0.1) is 0 Å². The summed E-state index contributed by atoms with van der Waals surface area (Å²) in [4.78, 5) is 0. The van der Waals surface area contributed by atoms with Crippen molar-refractivity contribution in [2.45, 2.75) is 27.2 Å². The van der Waals surface area contributed by atoms with E-state index in [1.165, 1.54) is 11.1 Å². The lowest BCUT2D eigenvalue weighted by atomic mass is 10.0. The lowest BCUT2D eigenvalue weighted by molar-refractivity contribution is 0.919. The molecule has 0 aliphatic carbocycles. The van der Waals surface area contributed by atoms with Crippen molar-refractivity contribution in [2.75, 3.05) is 0 Å². The van der Waals surface area contributed by atoms with Crippen molar-refractivity contribution in [3.05, 3.63) is 77.5 Å². The minimum atomic E-state index is 0.687. The third kappa shape index (κ3) is 3.75. The zero-order valence-corrected chi connectivity index (χ0v) is 14.9. The maximum atomic E-state index is 9.55. The Bertz CT molecular complexity index is 822. The smallest absolute Gasteiger partial charge is 0.0998 e. The highest BCUT2D eigenvalue weighted by molar-refractivity contribution is 5.81. The van der Waals surface area contributed by atoms with Gasteiger partial charge in [-0.1, -0.05) is 55.0 Å². The number of benzene rings is 1. The number of hydrogen-bond acceptors (Lipinski definition) is 1. The van der Waals surface area contributed by atoms with E-state index in [0.29, 0.717) is 5.57 Å². The molecule has 0 radical (unpaired) electrons. The van der Waals surface area contributed by atoms with Gasteiger partial charge in [0.1, 0.15) is 0 Å². The Morgan fingerprint density at radius 2 is 1.83 bits per heavy atom. The second-order valence-electron chi connectivity index (χ2n) is 5.78. The van der Waals surface area contributed by atoms with Crippen molar-refractivity contribution in [3.63, 3.8) is 0 Å². The lowest BCUT2D eigenvalue weighted by Gasteiger charge is -2.10. The molecule has 0 amide bonds. The largest absolute Gasteiger partial charge is 0.344 e. The molecule has 2 aromatic rings. The maximum absolute atomic E-state index is 9.55. The summed E-state index contributed by atoms with van der Waals surface area (Å²) in [7, 11) is 2.05. The number of aromatic nitrogens is 1. The van der Waals surface area contributed by atoms with Crippen LogP contribution < -0.4 is 0 Å². The van der Waals surface area contributed by atoms with E-state index in [0.717, 1.165) is 23.4 Å². The van der Waals surface area contributed by atoms with Crippen LogP contribution in [0.2, 0.25) is 0 Å². The molecule has 1 aromatic heterocycles. The standard InChI is InChI=1S/C22H24N2/c1-5-7-9-19(16-23)20(8-6-2)22-15-14-21(24(22)4)18-12-10-17(3)11-13-18/h6-15H,5H2,1-4H3/b8-6-,9-7+,20-19-. The maximum Gasteiger partial charge on any atom is 0.0998 e. The number of nitrogens with zero attached hydrogens (tertiary/aromatic N) is 2. The summed E-state index contributed by atoms with van der Waals surface area (Å²) in [5, 5.41) is 9.55. The fourth-order valence-electron chi connectivity index (χ4n) is 2.70. The van der Waals surface area contributed by atoms with Gasteiger partial charge >= 0.3 is 0 Å². The molecular formula is C22H24N2. The minimum absolute atomic E-state index is 0.687. The number of rotatable bonds is 5. The second kappa shape index (κ2) is 8.17. The van der Waals surface area contributed by atoms with E-state index in [1.807, 2.05) is 38.3 Å². The summed E-state index contributed by atoms with van der Waals surface area (Å²) < 4.78 is 2.15. The predicted octanol–water partition coefficient (Wildman–Crippen LogP) is 5.82. The van der Waals surface area contributed by atoms with Crippen LogP contribution in [0.3, 0.4) is 0 Å². The van der Waals surface area contributed by atoms with Crippen molar-refractivity contribution in [2.24, 2.45) is 7.05 Å². The van der Waals surface area contributed by atoms with Gasteiger partial charge in [0.2, 0.25) is 0 Å². The highest BCUT2D eigenvalue weighted by Gasteiger charge is 2.12. The Morgan fingerprint density at radius 1 is 1.12 bits per heavy atom. The van der Waals surface area contributed by atoms with Crippen LogP contribution in [0.4, 0.5) is 0 Å². The van der Waals surface area contributed by atoms with E-state index in [-0.39, 0.29) is 0 Å². The topological polar surface area (TPSA) is 28.7 Å². The van der Waals surface area contributed by atoms with E-state index >= 15 is 0 Å². The van der Waals surface area contributed by atoms with Crippen LogP contribution in [-0.4, -0.2) is 4.57 Å². The summed E-state index contributed by atoms with van der Waals surface area (Å²) in [6.07, 6.45) is 8.83. The summed E-state index contributed by atoms with van der Waals surface area (Å²) in [5.74, 6) is 0. The van der Waals surface area contributed by atoms with Gasteiger partial charge in [-0.2, -0.15) is 5.26 Å². The van der Waals surface area contributed by atoms with Crippen LogP contribution in [0.1, 0.15) is 31.5 Å². The normalized spacial score (nSPS) is 12.6. The van der Waals surface area contributed by atoms with E-state index in [1.54, 1.807) is 0 Å². The molecule has 1 heterocycles. The first kappa shape index (κ1) is 17.6. The van der Waals surface area contributed by atoms with Crippen molar-refractivity contribution in [1.29, 1.82) is 5.26 Å². The van der Waals surface area contributed by atoms with Crippen molar-refractivity contribution in [1.82, 2.24) is 4.57 Å². The van der Waals surface area contributed by atoms with Crippen molar-refractivity contribution < 1.29 is 0 Å². The molecule has 0 aliphatic rings. The Balaban J connectivity index is 2.58. The number of hydrogen-bond donors (Lipinski definition) is 0. The third-order valence-corrected chi connectivity index (χ3v) is 4.01. The summed E-state index contributed by atoms with van der Waals surface area (Å²) in [6, 6.07) is 15.0. The average molecular weight is 316 g/mol. The Hall–Kier alpha value is -2.79. The van der Waals surface area contributed by atoms with Gasteiger partial charge < -0.3 is 4.57 Å². The highest BCUT2D eigenvalue weighted by Crippen LogP contribution is 2.28. The summed E-state index contributed by atoms with van der Waals surface area (Å²) in [5.41, 5.74) is 6.25. The van der Waals surface area contributed by atoms with Gasteiger partial charge in [0.15, 0.2) is 0 Å². The minimum Gasteiger partial charge on any atom is -0.344 e. The van der Waals surface area contributed by atoms with E-state index in [9.17, 15) is 5.26 Å². The van der Waals surface area contributed by atoms with E-state index in [4.69, 9.17) is 0 Å². The van der Waals surface area contributed by atoms with Gasteiger partial charge in [-0.05, 0) is 44.0 Å². The summed E-state index contributed by atoms with van der Waals surface area (Å²) in [6.45, 7) is 6.13. The molecule has 24 heavy (non-hydrogen) atoms. The zero-order valence-electron chi connectivity index (χ0n) is 14.9. The van der Waals surface area contributed by atoms with Gasteiger partial charge in [-0.3, -0.25) is 0 Å². The molecule has 2 rings (SSSR count). The SMILES string of the molecule is C\C=C/C(=C(C#N)\C=C\CC)c1ccc(-c2ccc(C)cc2)n1C. The van der Waals surface area contributed by atoms with Gasteiger partial charge in [0.05, 0.1) is 11.6 Å². The quantitative estimate of drug-likeness (QED) is 0.504. The Labute approximate surface area is 145 Å². The molecule has 0 bridgehead atoms. The predicted molar refractivity (Wildman–Crippen MR) is 102 cm³/mol. The molecule has 2 heteroatoms. The van der Waals surface area contributed by atoms with Crippen LogP contribution in [-0.2, 0) is 7.05 Å². The van der Waals surface area contributed by atoms with E-state index < -0.39 is 0 Å². The molecule has 2 nitrogen and oxygen atoms in total. The molecular weight excluding hydrogens is 292 g/mol. The monoisotopic (exact) mass is 316 g/mol. The second-order valence-corrected chi connectivity index (χ2v) is 5.78. The summed E-state index contributed by atoms with van der Waals surface area (Å²) >= 11 is 0. The fourth-order valence-corrected chi connectivity index (χ4v) is 2.70. The molecule has 0 N–H and O–H groups in total. The molecule has 0 aliphatic heterocycles. The van der Waals surface area contributed by atoms with Crippen LogP contribution in [0.5, 0.6) is 0 Å². The molecule has 0 unspecified atom stereocenters. The molecule has 122 valence electrons. The molecule has 0 saturated heterocycles.